The Kier molecular flexibility index (Phi) is 11.7. The van der Waals surface area contributed by atoms with Crippen molar-refractivity contribution in [3.05, 3.63) is 0 Å². The van der Waals surface area contributed by atoms with E-state index in [1.807, 2.05) is 0 Å². The highest BCUT2D eigenvalue weighted by Gasteiger charge is 2.28. The van der Waals surface area contributed by atoms with Crippen molar-refractivity contribution in [3.8, 4) is 0 Å². The number of hydrogen-bond acceptors (Lipinski definition) is 5. The summed E-state index contributed by atoms with van der Waals surface area (Å²) in [5, 5.41) is 0. The predicted molar refractivity (Wildman–Crippen MR) is 79.6 cm³/mol. The highest BCUT2D eigenvalue weighted by molar-refractivity contribution is 5.79. The van der Waals surface area contributed by atoms with Gasteiger partial charge < -0.3 is 19.9 Å². The van der Waals surface area contributed by atoms with Crippen LogP contribution in [0.4, 0.5) is 0 Å². The first kappa shape index (κ1) is 19.4. The molecule has 0 bridgehead atoms. The molecule has 0 rings (SSSR count). The molecule has 120 valence electrons. The van der Waals surface area contributed by atoms with E-state index in [1.54, 1.807) is 13.8 Å². The largest absolute Gasteiger partial charge is 0.465 e. The number of ether oxygens (including phenoxy) is 3. The predicted octanol–water partition coefficient (Wildman–Crippen LogP) is 2.27. The average Bonchev–Trinajstić information content (AvgIpc) is 2.41. The molecule has 0 aliphatic heterocycles. The topological polar surface area (TPSA) is 70.8 Å². The molecule has 0 saturated heterocycles. The zero-order valence-electron chi connectivity index (χ0n) is 13.3. The first-order valence-corrected chi connectivity index (χ1v) is 7.66. The second-order valence-electron chi connectivity index (χ2n) is 5.17. The maximum Gasteiger partial charge on any atom is 0.325 e. The molecular weight excluding hydrogens is 258 g/mol. The molecule has 0 aliphatic rings. The number of esters is 1. The van der Waals surface area contributed by atoms with Crippen LogP contribution in [0, 0.1) is 0 Å². The molecule has 0 aliphatic carbocycles. The van der Waals surface area contributed by atoms with Crippen molar-refractivity contribution in [1.29, 1.82) is 0 Å². The van der Waals surface area contributed by atoms with E-state index in [4.69, 9.17) is 19.9 Å². The number of unbranched alkanes of at least 4 members (excludes halogenated alkanes) is 2. The Morgan fingerprint density at radius 2 is 1.60 bits per heavy atom. The zero-order valence-corrected chi connectivity index (χ0v) is 13.3. The van der Waals surface area contributed by atoms with Crippen molar-refractivity contribution < 1.29 is 19.0 Å². The minimum Gasteiger partial charge on any atom is -0.465 e. The quantitative estimate of drug-likeness (QED) is 0.416. The van der Waals surface area contributed by atoms with Crippen molar-refractivity contribution in [1.82, 2.24) is 0 Å². The van der Waals surface area contributed by atoms with Gasteiger partial charge >= 0.3 is 5.97 Å². The van der Waals surface area contributed by atoms with Crippen molar-refractivity contribution in [2.75, 3.05) is 33.0 Å². The van der Waals surface area contributed by atoms with Gasteiger partial charge in [-0.25, -0.2) is 0 Å². The molecule has 0 spiro atoms. The third-order valence-electron chi connectivity index (χ3n) is 2.99. The Bertz CT molecular complexity index is 244. The molecule has 20 heavy (non-hydrogen) atoms. The molecule has 0 radical (unpaired) electrons. The second kappa shape index (κ2) is 12.1. The fourth-order valence-corrected chi connectivity index (χ4v) is 1.66. The van der Waals surface area contributed by atoms with Crippen LogP contribution in [-0.4, -0.2) is 44.5 Å². The van der Waals surface area contributed by atoms with Crippen LogP contribution < -0.4 is 5.73 Å². The summed E-state index contributed by atoms with van der Waals surface area (Å²) in [6, 6.07) is 0. The van der Waals surface area contributed by atoms with E-state index in [0.29, 0.717) is 32.8 Å². The van der Waals surface area contributed by atoms with E-state index in [9.17, 15) is 4.79 Å². The molecule has 0 fully saturated rings. The van der Waals surface area contributed by atoms with Gasteiger partial charge in [0.2, 0.25) is 0 Å². The lowest BCUT2D eigenvalue weighted by Crippen LogP contribution is -2.46. The Labute approximate surface area is 123 Å². The summed E-state index contributed by atoms with van der Waals surface area (Å²) < 4.78 is 15.8. The SMILES string of the molecule is CCCCOCCOCCCCC(C)(N)C(=O)OCC. The summed E-state index contributed by atoms with van der Waals surface area (Å²) >= 11 is 0. The Hall–Kier alpha value is -0.650. The lowest BCUT2D eigenvalue weighted by molar-refractivity contribution is -0.149. The van der Waals surface area contributed by atoms with Crippen LogP contribution in [0.15, 0.2) is 0 Å². The van der Waals surface area contributed by atoms with Crippen LogP contribution in [0.5, 0.6) is 0 Å². The van der Waals surface area contributed by atoms with Crippen LogP contribution in [0.3, 0.4) is 0 Å². The Morgan fingerprint density at radius 3 is 2.15 bits per heavy atom. The number of rotatable bonds is 13. The van der Waals surface area contributed by atoms with E-state index < -0.39 is 5.54 Å². The van der Waals surface area contributed by atoms with Gasteiger partial charge in [0.1, 0.15) is 5.54 Å². The number of nitrogens with two attached hydrogens (primary N) is 1. The maximum absolute atomic E-state index is 11.6. The van der Waals surface area contributed by atoms with Crippen LogP contribution in [0.1, 0.15) is 52.9 Å². The highest BCUT2D eigenvalue weighted by Crippen LogP contribution is 2.12. The maximum atomic E-state index is 11.6. The summed E-state index contributed by atoms with van der Waals surface area (Å²) in [4.78, 5) is 11.6. The molecule has 0 amide bonds. The standard InChI is InChI=1S/C15H31NO4/c1-4-6-10-18-12-13-19-11-8-7-9-15(3,16)14(17)20-5-2/h4-13,16H2,1-3H3. The normalized spacial score (nSPS) is 14.0. The van der Waals surface area contributed by atoms with E-state index >= 15 is 0 Å². The number of carbonyl (C=O) groups excluding carboxylic acids is 1. The van der Waals surface area contributed by atoms with Gasteiger partial charge in [0, 0.05) is 13.2 Å². The van der Waals surface area contributed by atoms with Crippen molar-refractivity contribution in [2.24, 2.45) is 5.73 Å². The zero-order chi connectivity index (χ0) is 15.3. The lowest BCUT2D eigenvalue weighted by Gasteiger charge is -2.21. The number of hydrogen-bond donors (Lipinski definition) is 1. The molecule has 5 heteroatoms. The third kappa shape index (κ3) is 10.2. The highest BCUT2D eigenvalue weighted by atomic mass is 16.5. The third-order valence-corrected chi connectivity index (χ3v) is 2.99. The van der Waals surface area contributed by atoms with E-state index in [-0.39, 0.29) is 5.97 Å². The molecule has 5 nitrogen and oxygen atoms in total. The first-order chi connectivity index (χ1) is 9.54. The summed E-state index contributed by atoms with van der Waals surface area (Å²) in [5.41, 5.74) is 5.03. The second-order valence-corrected chi connectivity index (χ2v) is 5.17. The summed E-state index contributed by atoms with van der Waals surface area (Å²) in [7, 11) is 0. The monoisotopic (exact) mass is 289 g/mol. The van der Waals surface area contributed by atoms with Crippen LogP contribution in [-0.2, 0) is 19.0 Å². The van der Waals surface area contributed by atoms with Gasteiger partial charge in [-0.3, -0.25) is 4.79 Å². The molecule has 0 aromatic heterocycles. The van der Waals surface area contributed by atoms with E-state index in [0.717, 1.165) is 32.3 Å². The van der Waals surface area contributed by atoms with Crippen molar-refractivity contribution in [2.45, 2.75) is 58.4 Å². The smallest absolute Gasteiger partial charge is 0.325 e. The average molecular weight is 289 g/mol. The van der Waals surface area contributed by atoms with Crippen LogP contribution in [0.2, 0.25) is 0 Å². The van der Waals surface area contributed by atoms with Gasteiger partial charge in [0.25, 0.3) is 0 Å². The van der Waals surface area contributed by atoms with E-state index in [1.165, 1.54) is 0 Å². The van der Waals surface area contributed by atoms with Crippen LogP contribution >= 0.6 is 0 Å². The first-order valence-electron chi connectivity index (χ1n) is 7.66. The minimum absolute atomic E-state index is 0.328. The van der Waals surface area contributed by atoms with Crippen molar-refractivity contribution >= 4 is 5.97 Å². The molecule has 1 unspecified atom stereocenters. The van der Waals surface area contributed by atoms with Crippen LogP contribution in [0.25, 0.3) is 0 Å². The fourth-order valence-electron chi connectivity index (χ4n) is 1.66. The molecule has 0 heterocycles. The Balaban J connectivity index is 3.41. The summed E-state index contributed by atoms with van der Waals surface area (Å²) in [6.45, 7) is 8.77. The van der Waals surface area contributed by atoms with Gasteiger partial charge in [0.05, 0.1) is 19.8 Å². The molecule has 0 saturated carbocycles. The van der Waals surface area contributed by atoms with Crippen molar-refractivity contribution in [3.63, 3.8) is 0 Å². The molecule has 2 N–H and O–H groups in total. The van der Waals surface area contributed by atoms with Gasteiger partial charge in [-0.05, 0) is 39.5 Å². The van der Waals surface area contributed by atoms with Gasteiger partial charge in [-0.2, -0.15) is 0 Å². The summed E-state index contributed by atoms with van der Waals surface area (Å²) in [6.07, 6.45) is 4.61. The Morgan fingerprint density at radius 1 is 1.00 bits per heavy atom. The molecule has 1 atom stereocenters. The van der Waals surface area contributed by atoms with Gasteiger partial charge in [0.15, 0.2) is 0 Å². The number of carbonyl (C=O) groups is 1. The lowest BCUT2D eigenvalue weighted by atomic mass is 9.96. The van der Waals surface area contributed by atoms with Gasteiger partial charge in [-0.1, -0.05) is 13.3 Å². The minimum atomic E-state index is -0.890. The molecule has 0 aromatic carbocycles. The van der Waals surface area contributed by atoms with E-state index in [2.05, 4.69) is 6.92 Å². The molecule has 0 aromatic rings. The fraction of sp³-hybridized carbons (Fsp3) is 0.933. The summed E-state index contributed by atoms with van der Waals surface area (Å²) in [5.74, 6) is -0.328. The molecular formula is C15H31NO4. The van der Waals surface area contributed by atoms with Gasteiger partial charge in [-0.15, -0.1) is 0 Å².